The van der Waals surface area contributed by atoms with E-state index in [1.54, 1.807) is 12.1 Å². The van der Waals surface area contributed by atoms with E-state index >= 15 is 0 Å². The van der Waals surface area contributed by atoms with E-state index < -0.39 is 24.6 Å². The van der Waals surface area contributed by atoms with E-state index in [9.17, 15) is 18.0 Å². The molecule has 7 heteroatoms. The highest BCUT2D eigenvalue weighted by molar-refractivity contribution is 5.69. The maximum atomic E-state index is 12.9. The Bertz CT molecular complexity index is 497. The lowest BCUT2D eigenvalue weighted by Crippen LogP contribution is -2.46. The lowest BCUT2D eigenvalue weighted by atomic mass is 10.0. The lowest BCUT2D eigenvalue weighted by Gasteiger charge is -2.35. The van der Waals surface area contributed by atoms with Crippen LogP contribution in [0.15, 0.2) is 24.3 Å². The number of carbonyl (C=O) groups excluding carboxylic acids is 1. The fraction of sp³-hybridized carbons (Fsp3) is 0.533. The number of carbonyl (C=O) groups is 1. The average Bonchev–Trinajstić information content (AvgIpc) is 2.45. The molecule has 0 aromatic heterocycles. The number of halogens is 3. The normalized spacial score (nSPS) is 18.0. The molecule has 1 aliphatic rings. The highest BCUT2D eigenvalue weighted by Crippen LogP contribution is 2.34. The summed E-state index contributed by atoms with van der Waals surface area (Å²) in [5.41, 5.74) is 0.579. The third kappa shape index (κ3) is 4.99. The standard InChI is InChI=1S/C15H19F3N2O2/c1-11(21)22-13-4-2-12(3-5-13)14(10-15(16,17)18)20-8-6-19-7-9-20/h2-5,14,19H,6-10H2,1H3/t14-/m1/s1. The maximum Gasteiger partial charge on any atom is 0.390 e. The molecule has 122 valence electrons. The number of esters is 1. The van der Waals surface area contributed by atoms with Crippen molar-refractivity contribution in [2.45, 2.75) is 25.6 Å². The van der Waals surface area contributed by atoms with Gasteiger partial charge < -0.3 is 10.1 Å². The van der Waals surface area contributed by atoms with E-state index in [1.165, 1.54) is 19.1 Å². The maximum absolute atomic E-state index is 12.9. The SMILES string of the molecule is CC(=O)Oc1ccc([C@@H](CC(F)(F)F)N2CCNCC2)cc1. The predicted octanol–water partition coefficient (Wildman–Crippen LogP) is 2.51. The molecule has 1 heterocycles. The zero-order valence-electron chi connectivity index (χ0n) is 12.3. The monoisotopic (exact) mass is 316 g/mol. The Morgan fingerprint density at radius 2 is 1.86 bits per heavy atom. The summed E-state index contributed by atoms with van der Waals surface area (Å²) < 4.78 is 43.6. The second kappa shape index (κ2) is 7.11. The van der Waals surface area contributed by atoms with Gasteiger partial charge in [-0.25, -0.2) is 0 Å². The molecular weight excluding hydrogens is 297 g/mol. The minimum absolute atomic E-state index is 0.335. The second-order valence-electron chi connectivity index (χ2n) is 5.28. The van der Waals surface area contributed by atoms with Crippen molar-refractivity contribution in [3.63, 3.8) is 0 Å². The highest BCUT2D eigenvalue weighted by Gasteiger charge is 2.35. The van der Waals surface area contributed by atoms with Crippen molar-refractivity contribution in [3.8, 4) is 5.75 Å². The summed E-state index contributed by atoms with van der Waals surface area (Å²) in [5.74, 6) is -0.121. The largest absolute Gasteiger partial charge is 0.427 e. The summed E-state index contributed by atoms with van der Waals surface area (Å²) >= 11 is 0. The van der Waals surface area contributed by atoms with Crippen LogP contribution in [0.2, 0.25) is 0 Å². The molecule has 0 spiro atoms. The van der Waals surface area contributed by atoms with Crippen molar-refractivity contribution in [3.05, 3.63) is 29.8 Å². The molecule has 1 saturated heterocycles. The van der Waals surface area contributed by atoms with E-state index in [1.807, 2.05) is 4.90 Å². The molecular formula is C15H19F3N2O2. The van der Waals surface area contributed by atoms with Crippen LogP contribution in [0.3, 0.4) is 0 Å². The van der Waals surface area contributed by atoms with Gasteiger partial charge in [0.1, 0.15) is 5.75 Å². The Kier molecular flexibility index (Phi) is 5.42. The van der Waals surface area contributed by atoms with Crippen molar-refractivity contribution in [2.75, 3.05) is 26.2 Å². The van der Waals surface area contributed by atoms with E-state index in [0.29, 0.717) is 37.5 Å². The fourth-order valence-corrected chi connectivity index (χ4v) is 2.59. The molecule has 1 fully saturated rings. The van der Waals surface area contributed by atoms with Crippen molar-refractivity contribution in [1.82, 2.24) is 10.2 Å². The molecule has 1 aromatic rings. The van der Waals surface area contributed by atoms with Crippen LogP contribution in [0, 0.1) is 0 Å². The zero-order chi connectivity index (χ0) is 16.2. The molecule has 0 amide bonds. The molecule has 0 radical (unpaired) electrons. The van der Waals surface area contributed by atoms with Crippen LogP contribution >= 0.6 is 0 Å². The lowest BCUT2D eigenvalue weighted by molar-refractivity contribution is -0.148. The number of ether oxygens (including phenoxy) is 1. The van der Waals surface area contributed by atoms with Crippen molar-refractivity contribution in [1.29, 1.82) is 0 Å². The van der Waals surface area contributed by atoms with Crippen molar-refractivity contribution < 1.29 is 22.7 Å². The number of piperazine rings is 1. The van der Waals surface area contributed by atoms with Gasteiger partial charge in [0.05, 0.1) is 6.42 Å². The van der Waals surface area contributed by atoms with Gasteiger partial charge in [-0.2, -0.15) is 13.2 Å². The molecule has 1 atom stereocenters. The molecule has 0 unspecified atom stereocenters. The number of benzene rings is 1. The number of alkyl halides is 3. The van der Waals surface area contributed by atoms with Crippen LogP contribution in [0.1, 0.15) is 24.9 Å². The molecule has 1 N–H and O–H groups in total. The first kappa shape index (κ1) is 16.8. The Hall–Kier alpha value is -1.60. The van der Waals surface area contributed by atoms with Gasteiger partial charge in [0, 0.05) is 39.1 Å². The summed E-state index contributed by atoms with van der Waals surface area (Å²) in [6, 6.07) is 5.53. The van der Waals surface area contributed by atoms with Crippen molar-refractivity contribution in [2.24, 2.45) is 0 Å². The molecule has 2 rings (SSSR count). The average molecular weight is 316 g/mol. The smallest absolute Gasteiger partial charge is 0.390 e. The topological polar surface area (TPSA) is 41.6 Å². The van der Waals surface area contributed by atoms with Gasteiger partial charge in [-0.1, -0.05) is 12.1 Å². The van der Waals surface area contributed by atoms with Gasteiger partial charge in [0.25, 0.3) is 0 Å². The first-order valence-electron chi connectivity index (χ1n) is 7.15. The van der Waals surface area contributed by atoms with E-state index in [4.69, 9.17) is 4.74 Å². The highest BCUT2D eigenvalue weighted by atomic mass is 19.4. The molecule has 0 saturated carbocycles. The van der Waals surface area contributed by atoms with Gasteiger partial charge in [-0.05, 0) is 17.7 Å². The van der Waals surface area contributed by atoms with Crippen LogP contribution in [-0.4, -0.2) is 43.2 Å². The third-order valence-electron chi connectivity index (χ3n) is 3.54. The first-order chi connectivity index (χ1) is 10.3. The number of hydrogen-bond donors (Lipinski definition) is 1. The van der Waals surface area contributed by atoms with Crippen LogP contribution in [0.25, 0.3) is 0 Å². The molecule has 4 nitrogen and oxygen atoms in total. The summed E-state index contributed by atoms with van der Waals surface area (Å²) in [7, 11) is 0. The van der Waals surface area contributed by atoms with Gasteiger partial charge in [-0.15, -0.1) is 0 Å². The number of nitrogens with one attached hydrogen (secondary N) is 1. The molecule has 0 bridgehead atoms. The minimum Gasteiger partial charge on any atom is -0.427 e. The summed E-state index contributed by atoms with van der Waals surface area (Å²) in [6.07, 6.45) is -5.12. The van der Waals surface area contributed by atoms with Gasteiger partial charge >= 0.3 is 12.1 Å². The van der Waals surface area contributed by atoms with Crippen LogP contribution in [0.5, 0.6) is 5.75 Å². The van der Waals surface area contributed by atoms with Crippen molar-refractivity contribution >= 4 is 5.97 Å². The number of hydrogen-bond acceptors (Lipinski definition) is 4. The number of nitrogens with zero attached hydrogens (tertiary/aromatic N) is 1. The first-order valence-corrected chi connectivity index (χ1v) is 7.15. The Labute approximate surface area is 127 Å². The quantitative estimate of drug-likeness (QED) is 0.684. The van der Waals surface area contributed by atoms with E-state index in [-0.39, 0.29) is 0 Å². The molecule has 1 aliphatic heterocycles. The number of rotatable bonds is 4. The predicted molar refractivity (Wildman–Crippen MR) is 75.6 cm³/mol. The fourth-order valence-electron chi connectivity index (χ4n) is 2.59. The second-order valence-corrected chi connectivity index (χ2v) is 5.28. The Morgan fingerprint density at radius 3 is 2.36 bits per heavy atom. The van der Waals surface area contributed by atoms with E-state index in [2.05, 4.69) is 5.32 Å². The zero-order valence-corrected chi connectivity index (χ0v) is 12.3. The summed E-state index contributed by atoms with van der Waals surface area (Å²) in [4.78, 5) is 12.7. The minimum atomic E-state index is -4.23. The molecule has 0 aliphatic carbocycles. The molecule has 1 aromatic carbocycles. The van der Waals surface area contributed by atoms with Gasteiger partial charge in [0.15, 0.2) is 0 Å². The Balaban J connectivity index is 2.17. The molecule has 22 heavy (non-hydrogen) atoms. The van der Waals surface area contributed by atoms with Gasteiger partial charge in [0.2, 0.25) is 0 Å². The summed E-state index contributed by atoms with van der Waals surface area (Å²) in [5, 5.41) is 3.13. The van der Waals surface area contributed by atoms with Gasteiger partial charge in [-0.3, -0.25) is 9.69 Å². The van der Waals surface area contributed by atoms with E-state index in [0.717, 1.165) is 0 Å². The third-order valence-corrected chi connectivity index (χ3v) is 3.54. The van der Waals surface area contributed by atoms with Crippen LogP contribution in [0.4, 0.5) is 13.2 Å². The van der Waals surface area contributed by atoms with Crippen LogP contribution in [-0.2, 0) is 4.79 Å². The summed E-state index contributed by atoms with van der Waals surface area (Å²) in [6.45, 7) is 3.79. The van der Waals surface area contributed by atoms with Crippen LogP contribution < -0.4 is 10.1 Å². The Morgan fingerprint density at radius 1 is 1.27 bits per heavy atom.